The van der Waals surface area contributed by atoms with Gasteiger partial charge in [-0.25, -0.2) is 18.1 Å². The van der Waals surface area contributed by atoms with Gasteiger partial charge in [-0.3, -0.25) is 0 Å². The molecule has 0 amide bonds. The standard InChI is InChI=1S/C14H11Cl2N3O2S/c1-19-13-5-3-2-4-12(13)17-14(19)18-22(20,21)9-6-7-10(15)11(16)8-9/h2-8H,1H3,(H,17,18). The number of halogens is 2. The van der Waals surface area contributed by atoms with Crippen molar-refractivity contribution in [2.24, 2.45) is 7.05 Å². The smallest absolute Gasteiger partial charge is 0.264 e. The number of rotatable bonds is 3. The predicted octanol–water partition coefficient (Wildman–Crippen LogP) is 3.68. The van der Waals surface area contributed by atoms with Gasteiger partial charge >= 0.3 is 0 Å². The summed E-state index contributed by atoms with van der Waals surface area (Å²) in [5.41, 5.74) is 1.53. The Labute approximate surface area is 137 Å². The Hall–Kier alpha value is -1.76. The van der Waals surface area contributed by atoms with Crippen LogP contribution in [0.4, 0.5) is 5.95 Å². The highest BCUT2D eigenvalue weighted by Gasteiger charge is 2.19. The summed E-state index contributed by atoms with van der Waals surface area (Å²) in [5.74, 6) is 0.229. The molecule has 0 saturated carbocycles. The summed E-state index contributed by atoms with van der Waals surface area (Å²) in [4.78, 5) is 4.30. The zero-order valence-corrected chi connectivity index (χ0v) is 13.7. The highest BCUT2D eigenvalue weighted by Crippen LogP contribution is 2.26. The fourth-order valence-electron chi connectivity index (χ4n) is 2.06. The molecular formula is C14H11Cl2N3O2S. The van der Waals surface area contributed by atoms with Crippen LogP contribution in [0.3, 0.4) is 0 Å². The number of imidazole rings is 1. The number of sulfonamides is 1. The van der Waals surface area contributed by atoms with E-state index in [1.807, 2.05) is 24.3 Å². The molecule has 5 nitrogen and oxygen atoms in total. The van der Waals surface area contributed by atoms with Crippen molar-refractivity contribution in [3.63, 3.8) is 0 Å². The molecular weight excluding hydrogens is 345 g/mol. The minimum atomic E-state index is -3.80. The molecule has 0 aliphatic rings. The zero-order valence-electron chi connectivity index (χ0n) is 11.4. The highest BCUT2D eigenvalue weighted by molar-refractivity contribution is 7.92. The molecule has 1 N–H and O–H groups in total. The van der Waals surface area contributed by atoms with Gasteiger partial charge in [-0.1, -0.05) is 35.3 Å². The number of anilines is 1. The number of fused-ring (bicyclic) bond motifs is 1. The lowest BCUT2D eigenvalue weighted by molar-refractivity contribution is 0.600. The van der Waals surface area contributed by atoms with E-state index in [0.717, 1.165) is 5.52 Å². The van der Waals surface area contributed by atoms with Crippen LogP contribution in [-0.4, -0.2) is 18.0 Å². The van der Waals surface area contributed by atoms with E-state index in [-0.39, 0.29) is 15.9 Å². The van der Waals surface area contributed by atoms with E-state index in [2.05, 4.69) is 9.71 Å². The van der Waals surface area contributed by atoms with Crippen LogP contribution < -0.4 is 4.72 Å². The number of benzene rings is 2. The topological polar surface area (TPSA) is 64.0 Å². The molecule has 22 heavy (non-hydrogen) atoms. The Morgan fingerprint density at radius 2 is 1.82 bits per heavy atom. The van der Waals surface area contributed by atoms with Crippen LogP contribution in [-0.2, 0) is 17.1 Å². The summed E-state index contributed by atoms with van der Waals surface area (Å²) in [5, 5.41) is 0.470. The largest absolute Gasteiger partial charge is 0.313 e. The Bertz CT molecular complexity index is 967. The third kappa shape index (κ3) is 2.65. The quantitative estimate of drug-likeness (QED) is 0.779. The van der Waals surface area contributed by atoms with E-state index >= 15 is 0 Å². The fourth-order valence-corrected chi connectivity index (χ4v) is 3.48. The molecule has 0 bridgehead atoms. The molecule has 2 aromatic carbocycles. The van der Waals surface area contributed by atoms with Gasteiger partial charge in [0, 0.05) is 7.05 Å². The van der Waals surface area contributed by atoms with Crippen LogP contribution in [0, 0.1) is 0 Å². The first-order valence-electron chi connectivity index (χ1n) is 6.28. The van der Waals surface area contributed by atoms with E-state index in [4.69, 9.17) is 23.2 Å². The molecule has 0 atom stereocenters. The number of nitrogens with one attached hydrogen (secondary N) is 1. The lowest BCUT2D eigenvalue weighted by atomic mass is 10.3. The molecule has 3 rings (SSSR count). The second-order valence-electron chi connectivity index (χ2n) is 4.66. The van der Waals surface area contributed by atoms with E-state index in [0.29, 0.717) is 10.5 Å². The number of aromatic nitrogens is 2. The Balaban J connectivity index is 2.02. The lowest BCUT2D eigenvalue weighted by Gasteiger charge is -2.08. The van der Waals surface area contributed by atoms with Crippen molar-refractivity contribution in [1.29, 1.82) is 0 Å². The van der Waals surface area contributed by atoms with Crippen LogP contribution in [0.5, 0.6) is 0 Å². The minimum Gasteiger partial charge on any atom is -0.313 e. The average Bonchev–Trinajstić information content (AvgIpc) is 2.78. The Kier molecular flexibility index (Phi) is 3.76. The van der Waals surface area contributed by atoms with Gasteiger partial charge < -0.3 is 4.57 Å². The maximum atomic E-state index is 12.4. The molecule has 1 heterocycles. The molecule has 3 aromatic rings. The van der Waals surface area contributed by atoms with Gasteiger partial charge in [0.2, 0.25) is 5.95 Å². The van der Waals surface area contributed by atoms with Crippen LogP contribution in [0.2, 0.25) is 10.0 Å². The lowest BCUT2D eigenvalue weighted by Crippen LogP contribution is -2.15. The summed E-state index contributed by atoms with van der Waals surface area (Å²) in [6.07, 6.45) is 0. The van der Waals surface area contributed by atoms with Gasteiger partial charge in [-0.05, 0) is 30.3 Å². The first kappa shape index (κ1) is 15.1. The number of nitrogens with zero attached hydrogens (tertiary/aromatic N) is 2. The fraction of sp³-hybridized carbons (Fsp3) is 0.0714. The Morgan fingerprint density at radius 3 is 2.50 bits per heavy atom. The van der Waals surface area contributed by atoms with Crippen molar-refractivity contribution in [3.05, 3.63) is 52.5 Å². The minimum absolute atomic E-state index is 0.0222. The third-order valence-corrected chi connectivity index (χ3v) is 5.28. The van der Waals surface area contributed by atoms with Gasteiger partial charge in [0.25, 0.3) is 10.0 Å². The van der Waals surface area contributed by atoms with Gasteiger partial charge in [0.1, 0.15) is 0 Å². The van der Waals surface area contributed by atoms with Crippen LogP contribution >= 0.6 is 23.2 Å². The summed E-state index contributed by atoms with van der Waals surface area (Å²) < 4.78 is 29.0. The summed E-state index contributed by atoms with van der Waals surface area (Å²) in [6.45, 7) is 0. The normalized spacial score (nSPS) is 11.8. The third-order valence-electron chi connectivity index (χ3n) is 3.21. The number of hydrogen-bond acceptors (Lipinski definition) is 3. The van der Waals surface area contributed by atoms with E-state index in [9.17, 15) is 8.42 Å². The average molecular weight is 356 g/mol. The van der Waals surface area contributed by atoms with Gasteiger partial charge in [0.05, 0.1) is 26.0 Å². The van der Waals surface area contributed by atoms with Gasteiger partial charge in [-0.15, -0.1) is 0 Å². The van der Waals surface area contributed by atoms with Gasteiger partial charge in [-0.2, -0.15) is 0 Å². The van der Waals surface area contributed by atoms with Crippen molar-refractivity contribution < 1.29 is 8.42 Å². The maximum absolute atomic E-state index is 12.4. The summed E-state index contributed by atoms with van der Waals surface area (Å²) >= 11 is 11.7. The molecule has 8 heteroatoms. The van der Waals surface area contributed by atoms with E-state index in [1.165, 1.54) is 18.2 Å². The SMILES string of the molecule is Cn1c(NS(=O)(=O)c2ccc(Cl)c(Cl)c2)nc2ccccc21. The number of hydrogen-bond donors (Lipinski definition) is 1. The van der Waals surface area contributed by atoms with Crippen molar-refractivity contribution in [3.8, 4) is 0 Å². The molecule has 0 saturated heterocycles. The van der Waals surface area contributed by atoms with Crippen molar-refractivity contribution >= 4 is 50.2 Å². The molecule has 0 aliphatic heterocycles. The second-order valence-corrected chi connectivity index (χ2v) is 7.16. The molecule has 0 aliphatic carbocycles. The summed E-state index contributed by atoms with van der Waals surface area (Å²) in [6, 6.07) is 11.5. The van der Waals surface area contributed by atoms with E-state index in [1.54, 1.807) is 11.6 Å². The molecule has 0 unspecified atom stereocenters. The molecule has 0 radical (unpaired) electrons. The second kappa shape index (κ2) is 5.46. The number of aryl methyl sites for hydroxylation is 1. The highest BCUT2D eigenvalue weighted by atomic mass is 35.5. The molecule has 0 spiro atoms. The van der Waals surface area contributed by atoms with Gasteiger partial charge in [0.15, 0.2) is 0 Å². The van der Waals surface area contributed by atoms with Crippen LogP contribution in [0.1, 0.15) is 0 Å². The Morgan fingerprint density at radius 1 is 1.09 bits per heavy atom. The predicted molar refractivity (Wildman–Crippen MR) is 88.0 cm³/mol. The molecule has 114 valence electrons. The van der Waals surface area contributed by atoms with Crippen molar-refractivity contribution in [1.82, 2.24) is 9.55 Å². The van der Waals surface area contributed by atoms with Crippen molar-refractivity contribution in [2.45, 2.75) is 4.90 Å². The zero-order chi connectivity index (χ0) is 15.9. The maximum Gasteiger partial charge on any atom is 0.264 e. The van der Waals surface area contributed by atoms with E-state index < -0.39 is 10.0 Å². The molecule has 1 aromatic heterocycles. The monoisotopic (exact) mass is 355 g/mol. The van der Waals surface area contributed by atoms with Crippen LogP contribution in [0.25, 0.3) is 11.0 Å². The number of para-hydroxylation sites is 2. The first-order valence-corrected chi connectivity index (χ1v) is 8.52. The van der Waals surface area contributed by atoms with Crippen molar-refractivity contribution in [2.75, 3.05) is 4.72 Å². The van der Waals surface area contributed by atoms with Crippen LogP contribution in [0.15, 0.2) is 47.4 Å². The summed E-state index contributed by atoms with van der Waals surface area (Å²) in [7, 11) is -2.06. The first-order chi connectivity index (χ1) is 10.4. The molecule has 0 fully saturated rings.